The first kappa shape index (κ1) is 11.2. The second-order valence-corrected chi connectivity index (χ2v) is 5.83. The van der Waals surface area contributed by atoms with Crippen LogP contribution in [-0.4, -0.2) is 4.83 Å². The average molecular weight is 267 g/mol. The molecule has 0 radical (unpaired) electrons. The molecule has 1 aliphatic rings. The number of fused-ring (bicyclic) bond motifs is 1. The monoisotopic (exact) mass is 266 g/mol. The Morgan fingerprint density at radius 1 is 1.47 bits per heavy atom. The van der Waals surface area contributed by atoms with Crippen molar-refractivity contribution in [1.82, 2.24) is 0 Å². The molecule has 0 heterocycles. The van der Waals surface area contributed by atoms with Crippen LogP contribution in [0.4, 0.5) is 0 Å². The third-order valence-corrected chi connectivity index (χ3v) is 4.52. The molecule has 1 aromatic rings. The lowest BCUT2D eigenvalue weighted by molar-refractivity contribution is 0.604. The van der Waals surface area contributed by atoms with Gasteiger partial charge >= 0.3 is 0 Å². The van der Waals surface area contributed by atoms with E-state index in [1.54, 1.807) is 11.1 Å². The van der Waals surface area contributed by atoms with E-state index in [4.69, 9.17) is 0 Å². The highest BCUT2D eigenvalue weighted by Gasteiger charge is 2.27. The number of hydrogen-bond acceptors (Lipinski definition) is 0. The summed E-state index contributed by atoms with van der Waals surface area (Å²) in [6.45, 7) is 4.46. The van der Waals surface area contributed by atoms with Gasteiger partial charge in [-0.1, -0.05) is 53.0 Å². The van der Waals surface area contributed by atoms with Crippen molar-refractivity contribution in [3.05, 3.63) is 34.9 Å². The quantitative estimate of drug-likeness (QED) is 0.703. The van der Waals surface area contributed by atoms with Crippen molar-refractivity contribution >= 4 is 15.9 Å². The van der Waals surface area contributed by atoms with E-state index in [9.17, 15) is 0 Å². The molecule has 0 saturated heterocycles. The van der Waals surface area contributed by atoms with Crippen molar-refractivity contribution in [2.24, 2.45) is 0 Å². The fraction of sp³-hybridized carbons (Fsp3) is 0.571. The van der Waals surface area contributed by atoms with Gasteiger partial charge in [0, 0.05) is 4.83 Å². The Balaban J connectivity index is 2.23. The molecule has 15 heavy (non-hydrogen) atoms. The van der Waals surface area contributed by atoms with Crippen LogP contribution >= 0.6 is 15.9 Å². The zero-order chi connectivity index (χ0) is 10.8. The molecule has 1 heteroatoms. The molecule has 0 saturated carbocycles. The predicted molar refractivity (Wildman–Crippen MR) is 69.9 cm³/mol. The summed E-state index contributed by atoms with van der Waals surface area (Å²) in [5.41, 5.74) is 4.58. The average Bonchev–Trinajstić information content (AvgIpc) is 2.60. The van der Waals surface area contributed by atoms with Gasteiger partial charge in [-0.25, -0.2) is 0 Å². The van der Waals surface area contributed by atoms with Gasteiger partial charge in [0.15, 0.2) is 0 Å². The van der Waals surface area contributed by atoms with Gasteiger partial charge < -0.3 is 0 Å². The fourth-order valence-corrected chi connectivity index (χ4v) is 3.61. The number of hydrogen-bond donors (Lipinski definition) is 0. The standard InChI is InChI=1S/C14H19Br/c1-3-4-14(15)12-8-7-11-6-5-10(2)9-13(11)12/h5-6,9,12,14H,3-4,7-8H2,1-2H3. The van der Waals surface area contributed by atoms with Crippen molar-refractivity contribution in [2.45, 2.75) is 50.3 Å². The van der Waals surface area contributed by atoms with Gasteiger partial charge in [0.2, 0.25) is 0 Å². The number of halogens is 1. The van der Waals surface area contributed by atoms with Gasteiger partial charge in [0.05, 0.1) is 0 Å². The molecule has 82 valence electrons. The van der Waals surface area contributed by atoms with Crippen LogP contribution in [0, 0.1) is 6.92 Å². The molecule has 1 aliphatic carbocycles. The molecule has 0 spiro atoms. The number of alkyl halides is 1. The van der Waals surface area contributed by atoms with Crippen LogP contribution in [0.5, 0.6) is 0 Å². The lowest BCUT2D eigenvalue weighted by Gasteiger charge is -2.18. The summed E-state index contributed by atoms with van der Waals surface area (Å²) in [5.74, 6) is 0.750. The van der Waals surface area contributed by atoms with Gasteiger partial charge in [-0.2, -0.15) is 0 Å². The van der Waals surface area contributed by atoms with Crippen LogP contribution in [0.25, 0.3) is 0 Å². The molecule has 0 bridgehead atoms. The van der Waals surface area contributed by atoms with Crippen molar-refractivity contribution in [3.8, 4) is 0 Å². The number of aryl methyl sites for hydroxylation is 2. The molecule has 0 fully saturated rings. The second kappa shape index (κ2) is 4.69. The van der Waals surface area contributed by atoms with Gasteiger partial charge in [-0.3, -0.25) is 0 Å². The molecule has 2 atom stereocenters. The van der Waals surface area contributed by atoms with Gasteiger partial charge in [-0.05, 0) is 43.2 Å². The summed E-state index contributed by atoms with van der Waals surface area (Å²) in [6, 6.07) is 6.94. The third-order valence-electron chi connectivity index (χ3n) is 3.43. The Kier molecular flexibility index (Phi) is 3.50. The van der Waals surface area contributed by atoms with E-state index in [1.165, 1.54) is 31.2 Å². The van der Waals surface area contributed by atoms with Crippen LogP contribution in [0.3, 0.4) is 0 Å². The van der Waals surface area contributed by atoms with Gasteiger partial charge in [-0.15, -0.1) is 0 Å². The van der Waals surface area contributed by atoms with Crippen molar-refractivity contribution in [3.63, 3.8) is 0 Å². The first-order valence-electron chi connectivity index (χ1n) is 5.96. The van der Waals surface area contributed by atoms with Crippen LogP contribution in [-0.2, 0) is 6.42 Å². The van der Waals surface area contributed by atoms with E-state index in [0.29, 0.717) is 4.83 Å². The van der Waals surface area contributed by atoms with Gasteiger partial charge in [0.1, 0.15) is 0 Å². The lowest BCUT2D eigenvalue weighted by Crippen LogP contribution is -2.09. The second-order valence-electron chi connectivity index (χ2n) is 4.65. The molecule has 1 aromatic carbocycles. The Bertz CT molecular complexity index is 343. The normalized spacial score (nSPS) is 21.4. The van der Waals surface area contributed by atoms with Crippen LogP contribution in [0.1, 0.15) is 48.8 Å². The maximum Gasteiger partial charge on any atom is 0.0214 e. The van der Waals surface area contributed by atoms with Crippen LogP contribution < -0.4 is 0 Å². The zero-order valence-corrected chi connectivity index (χ0v) is 11.2. The molecular weight excluding hydrogens is 248 g/mol. The Morgan fingerprint density at radius 2 is 2.27 bits per heavy atom. The summed E-state index contributed by atoms with van der Waals surface area (Å²) < 4.78 is 0. The first-order valence-corrected chi connectivity index (χ1v) is 6.87. The molecular formula is C14H19Br. The summed E-state index contributed by atoms with van der Waals surface area (Å²) in [6.07, 6.45) is 5.16. The fourth-order valence-electron chi connectivity index (χ4n) is 2.61. The summed E-state index contributed by atoms with van der Waals surface area (Å²) >= 11 is 3.86. The van der Waals surface area contributed by atoms with Gasteiger partial charge in [0.25, 0.3) is 0 Å². The van der Waals surface area contributed by atoms with Crippen molar-refractivity contribution in [1.29, 1.82) is 0 Å². The Morgan fingerprint density at radius 3 is 3.00 bits per heavy atom. The van der Waals surface area contributed by atoms with E-state index >= 15 is 0 Å². The molecule has 2 rings (SSSR count). The maximum absolute atomic E-state index is 3.86. The minimum absolute atomic E-state index is 0.672. The SMILES string of the molecule is CCCC(Br)C1CCc2ccc(C)cc21. The first-order chi connectivity index (χ1) is 7.22. The van der Waals surface area contributed by atoms with E-state index in [1.807, 2.05) is 0 Å². The Labute approximate surface area is 101 Å². The molecule has 2 unspecified atom stereocenters. The lowest BCUT2D eigenvalue weighted by atomic mass is 9.94. The molecule has 0 amide bonds. The summed E-state index contributed by atoms with van der Waals surface area (Å²) in [4.78, 5) is 0.672. The molecule has 0 aliphatic heterocycles. The summed E-state index contributed by atoms with van der Waals surface area (Å²) in [7, 11) is 0. The molecule has 0 N–H and O–H groups in total. The molecule has 0 aromatic heterocycles. The molecule has 0 nitrogen and oxygen atoms in total. The van der Waals surface area contributed by atoms with Crippen LogP contribution in [0.15, 0.2) is 18.2 Å². The summed E-state index contributed by atoms with van der Waals surface area (Å²) in [5, 5.41) is 0. The van der Waals surface area contributed by atoms with Crippen molar-refractivity contribution in [2.75, 3.05) is 0 Å². The largest absolute Gasteiger partial charge is 0.0884 e. The number of benzene rings is 1. The van der Waals surface area contributed by atoms with E-state index in [0.717, 1.165) is 5.92 Å². The predicted octanol–water partition coefficient (Wildman–Crippen LogP) is 4.59. The third kappa shape index (κ3) is 2.28. The highest BCUT2D eigenvalue weighted by atomic mass is 79.9. The van der Waals surface area contributed by atoms with Crippen molar-refractivity contribution < 1.29 is 0 Å². The number of rotatable bonds is 3. The smallest absolute Gasteiger partial charge is 0.0214 e. The minimum atomic E-state index is 0.672. The van der Waals surface area contributed by atoms with E-state index in [2.05, 4.69) is 48.0 Å². The van der Waals surface area contributed by atoms with E-state index in [-0.39, 0.29) is 0 Å². The highest BCUT2D eigenvalue weighted by molar-refractivity contribution is 9.09. The topological polar surface area (TPSA) is 0 Å². The minimum Gasteiger partial charge on any atom is -0.0884 e. The Hall–Kier alpha value is -0.300. The van der Waals surface area contributed by atoms with Crippen LogP contribution in [0.2, 0.25) is 0 Å². The van der Waals surface area contributed by atoms with E-state index < -0.39 is 0 Å². The maximum atomic E-state index is 3.86. The zero-order valence-electron chi connectivity index (χ0n) is 9.59. The highest BCUT2D eigenvalue weighted by Crippen LogP contribution is 2.40.